The molecule has 1 atom stereocenters. The third-order valence-corrected chi connectivity index (χ3v) is 2.94. The van der Waals surface area contributed by atoms with Crippen LogP contribution in [0.1, 0.15) is 38.8 Å². The van der Waals surface area contributed by atoms with E-state index in [1.807, 2.05) is 10.9 Å². The second kappa shape index (κ2) is 6.12. The van der Waals surface area contributed by atoms with Gasteiger partial charge < -0.3 is 10.1 Å². The molecule has 0 saturated carbocycles. The van der Waals surface area contributed by atoms with Gasteiger partial charge in [-0.05, 0) is 19.3 Å². The van der Waals surface area contributed by atoms with Gasteiger partial charge in [-0.3, -0.25) is 0 Å². The molecule has 1 N–H and O–H groups in total. The number of ether oxygens (including phenoxy) is 1. The number of hydrogen-bond acceptors (Lipinski definition) is 4. The van der Waals surface area contributed by atoms with Crippen LogP contribution in [-0.2, 0) is 17.8 Å². The maximum Gasteiger partial charge on any atom is 0.0964 e. The first kappa shape index (κ1) is 12.5. The lowest BCUT2D eigenvalue weighted by molar-refractivity contribution is 0.00369. The Balaban J connectivity index is 1.80. The highest BCUT2D eigenvalue weighted by Gasteiger charge is 2.15. The summed E-state index contributed by atoms with van der Waals surface area (Å²) < 4.78 is 7.58. The van der Waals surface area contributed by atoms with Crippen LogP contribution in [0.3, 0.4) is 0 Å². The minimum Gasteiger partial charge on any atom is -0.376 e. The van der Waals surface area contributed by atoms with Crippen LogP contribution in [0.4, 0.5) is 0 Å². The van der Waals surface area contributed by atoms with Gasteiger partial charge in [0.1, 0.15) is 0 Å². The van der Waals surface area contributed by atoms with Gasteiger partial charge >= 0.3 is 0 Å². The number of nitrogens with one attached hydrogen (secondary N) is 1. The van der Waals surface area contributed by atoms with E-state index in [4.69, 9.17) is 4.74 Å². The van der Waals surface area contributed by atoms with Crippen molar-refractivity contribution in [2.75, 3.05) is 6.61 Å². The van der Waals surface area contributed by atoms with Crippen molar-refractivity contribution in [1.82, 2.24) is 20.3 Å². The summed E-state index contributed by atoms with van der Waals surface area (Å²) in [6, 6.07) is 0.474. The van der Waals surface area contributed by atoms with Gasteiger partial charge in [0.15, 0.2) is 0 Å². The van der Waals surface area contributed by atoms with E-state index in [1.54, 1.807) is 0 Å². The van der Waals surface area contributed by atoms with Gasteiger partial charge in [0.05, 0.1) is 18.3 Å². The largest absolute Gasteiger partial charge is 0.376 e. The molecule has 1 aliphatic heterocycles. The molecule has 1 aromatic rings. The van der Waals surface area contributed by atoms with Crippen LogP contribution in [-0.4, -0.2) is 33.7 Å². The van der Waals surface area contributed by atoms with Crippen molar-refractivity contribution in [2.24, 2.45) is 0 Å². The monoisotopic (exact) mass is 238 g/mol. The molecule has 17 heavy (non-hydrogen) atoms. The SMILES string of the molecule is CC(C)NCc1cn(CC2CCCCO2)nn1. The van der Waals surface area contributed by atoms with Gasteiger partial charge in [-0.1, -0.05) is 19.1 Å². The van der Waals surface area contributed by atoms with Crippen molar-refractivity contribution in [3.8, 4) is 0 Å². The Hall–Kier alpha value is -0.940. The predicted octanol–water partition coefficient (Wildman–Crippen LogP) is 1.35. The molecule has 1 aliphatic rings. The number of rotatable bonds is 5. The van der Waals surface area contributed by atoms with Crippen molar-refractivity contribution in [1.29, 1.82) is 0 Å². The first-order valence-corrected chi connectivity index (χ1v) is 6.48. The average Bonchev–Trinajstić information content (AvgIpc) is 2.75. The zero-order valence-electron chi connectivity index (χ0n) is 10.7. The Morgan fingerprint density at radius 1 is 1.53 bits per heavy atom. The van der Waals surface area contributed by atoms with Crippen molar-refractivity contribution in [3.63, 3.8) is 0 Å². The van der Waals surface area contributed by atoms with E-state index in [9.17, 15) is 0 Å². The maximum absolute atomic E-state index is 5.69. The Morgan fingerprint density at radius 3 is 3.12 bits per heavy atom. The van der Waals surface area contributed by atoms with Crippen molar-refractivity contribution < 1.29 is 4.74 Å². The summed E-state index contributed by atoms with van der Waals surface area (Å²) in [5, 5.41) is 11.6. The Kier molecular flexibility index (Phi) is 4.50. The molecule has 0 aromatic carbocycles. The molecule has 0 bridgehead atoms. The first-order chi connectivity index (χ1) is 8.24. The molecule has 0 aliphatic carbocycles. The Morgan fingerprint density at radius 2 is 2.41 bits per heavy atom. The Bertz CT molecular complexity index is 331. The normalized spacial score (nSPS) is 21.0. The summed E-state index contributed by atoms with van der Waals surface area (Å²) in [6.45, 7) is 6.75. The van der Waals surface area contributed by atoms with E-state index in [0.717, 1.165) is 31.8 Å². The molecular weight excluding hydrogens is 216 g/mol. The van der Waals surface area contributed by atoms with E-state index >= 15 is 0 Å². The van der Waals surface area contributed by atoms with Crippen LogP contribution in [0, 0.1) is 0 Å². The van der Waals surface area contributed by atoms with Crippen LogP contribution < -0.4 is 5.32 Å². The van der Waals surface area contributed by atoms with Crippen LogP contribution >= 0.6 is 0 Å². The van der Waals surface area contributed by atoms with Gasteiger partial charge in [-0.25, -0.2) is 4.68 Å². The molecule has 96 valence electrons. The second-order valence-electron chi connectivity index (χ2n) is 4.96. The quantitative estimate of drug-likeness (QED) is 0.841. The van der Waals surface area contributed by atoms with Gasteiger partial charge in [-0.15, -0.1) is 5.10 Å². The number of nitrogens with zero attached hydrogens (tertiary/aromatic N) is 3. The van der Waals surface area contributed by atoms with E-state index in [1.165, 1.54) is 12.8 Å². The highest BCUT2D eigenvalue weighted by atomic mass is 16.5. The zero-order valence-corrected chi connectivity index (χ0v) is 10.7. The molecule has 2 heterocycles. The molecule has 5 nitrogen and oxygen atoms in total. The standard InChI is InChI=1S/C12H22N4O/c1-10(2)13-7-11-8-16(15-14-11)9-12-5-3-4-6-17-12/h8,10,12-13H,3-7,9H2,1-2H3. The molecule has 5 heteroatoms. The molecule has 2 rings (SSSR count). The molecule has 0 spiro atoms. The average molecular weight is 238 g/mol. The maximum atomic E-state index is 5.69. The minimum absolute atomic E-state index is 0.316. The number of aromatic nitrogens is 3. The van der Waals surface area contributed by atoms with Gasteiger partial charge in [0, 0.05) is 25.4 Å². The van der Waals surface area contributed by atoms with E-state index in [2.05, 4.69) is 29.5 Å². The molecule has 1 unspecified atom stereocenters. The van der Waals surface area contributed by atoms with Crippen molar-refractivity contribution in [2.45, 2.75) is 58.3 Å². The summed E-state index contributed by atoms with van der Waals surface area (Å²) >= 11 is 0. The number of hydrogen-bond donors (Lipinski definition) is 1. The summed E-state index contributed by atoms with van der Waals surface area (Å²) in [6.07, 6.45) is 5.92. The lowest BCUT2D eigenvalue weighted by atomic mass is 10.1. The topological polar surface area (TPSA) is 52.0 Å². The fraction of sp³-hybridized carbons (Fsp3) is 0.833. The van der Waals surface area contributed by atoms with Crippen LogP contribution in [0.15, 0.2) is 6.20 Å². The van der Waals surface area contributed by atoms with Gasteiger partial charge in [-0.2, -0.15) is 0 Å². The lowest BCUT2D eigenvalue weighted by Gasteiger charge is -2.21. The smallest absolute Gasteiger partial charge is 0.0964 e. The molecule has 1 fully saturated rings. The molecule has 1 saturated heterocycles. The lowest BCUT2D eigenvalue weighted by Crippen LogP contribution is -2.24. The summed E-state index contributed by atoms with van der Waals surface area (Å²) in [4.78, 5) is 0. The third-order valence-electron chi connectivity index (χ3n) is 2.94. The summed E-state index contributed by atoms with van der Waals surface area (Å²) in [7, 11) is 0. The first-order valence-electron chi connectivity index (χ1n) is 6.48. The van der Waals surface area contributed by atoms with E-state index in [0.29, 0.717) is 12.1 Å². The summed E-state index contributed by atoms with van der Waals surface area (Å²) in [5.74, 6) is 0. The van der Waals surface area contributed by atoms with Gasteiger partial charge in [0.25, 0.3) is 0 Å². The van der Waals surface area contributed by atoms with Crippen LogP contribution in [0.2, 0.25) is 0 Å². The third kappa shape index (κ3) is 4.09. The molecule has 1 aromatic heterocycles. The zero-order chi connectivity index (χ0) is 12.1. The fourth-order valence-electron chi connectivity index (χ4n) is 1.98. The van der Waals surface area contributed by atoms with Gasteiger partial charge in [0.2, 0.25) is 0 Å². The minimum atomic E-state index is 0.316. The van der Waals surface area contributed by atoms with Crippen molar-refractivity contribution >= 4 is 0 Å². The predicted molar refractivity (Wildman–Crippen MR) is 65.6 cm³/mol. The molecule has 0 radical (unpaired) electrons. The highest BCUT2D eigenvalue weighted by Crippen LogP contribution is 2.14. The van der Waals surface area contributed by atoms with E-state index in [-0.39, 0.29) is 0 Å². The fourth-order valence-corrected chi connectivity index (χ4v) is 1.98. The van der Waals surface area contributed by atoms with Crippen LogP contribution in [0.5, 0.6) is 0 Å². The Labute approximate surface area is 103 Å². The second-order valence-corrected chi connectivity index (χ2v) is 4.96. The van der Waals surface area contributed by atoms with Crippen molar-refractivity contribution in [3.05, 3.63) is 11.9 Å². The molecular formula is C12H22N4O. The summed E-state index contributed by atoms with van der Waals surface area (Å²) in [5.41, 5.74) is 0.995. The molecule has 0 amide bonds. The highest BCUT2D eigenvalue weighted by molar-refractivity contribution is 4.92. The van der Waals surface area contributed by atoms with E-state index < -0.39 is 0 Å². The van der Waals surface area contributed by atoms with Crippen LogP contribution in [0.25, 0.3) is 0 Å².